The van der Waals surface area contributed by atoms with Gasteiger partial charge in [-0.2, -0.15) is 0 Å². The molecule has 0 spiro atoms. The highest BCUT2D eigenvalue weighted by molar-refractivity contribution is 5.61. The molecular formula is C11H20N4O3. The van der Waals surface area contributed by atoms with Gasteiger partial charge in [0.1, 0.15) is 11.5 Å². The van der Waals surface area contributed by atoms with Crippen LogP contribution in [0.2, 0.25) is 0 Å². The fraction of sp³-hybridized carbons (Fsp3) is 0.636. The standard InChI is InChI=1S/C11H20N4O3/c1-4-5-15-9(12)8(10(17)13-11(15)18)14(3)6-7(2)16/h7,16H,4-6,12H2,1-3H3,(H,13,17,18). The maximum atomic E-state index is 11.8. The first-order valence-electron chi connectivity index (χ1n) is 5.90. The van der Waals surface area contributed by atoms with Gasteiger partial charge in [-0.05, 0) is 13.3 Å². The lowest BCUT2D eigenvalue weighted by molar-refractivity contribution is 0.201. The number of aromatic nitrogens is 2. The van der Waals surface area contributed by atoms with E-state index in [9.17, 15) is 14.7 Å². The van der Waals surface area contributed by atoms with Crippen LogP contribution in [0.5, 0.6) is 0 Å². The molecule has 102 valence electrons. The largest absolute Gasteiger partial charge is 0.392 e. The monoisotopic (exact) mass is 256 g/mol. The second-order valence-corrected chi connectivity index (χ2v) is 4.37. The number of hydrogen-bond donors (Lipinski definition) is 3. The number of aromatic amines is 1. The molecule has 4 N–H and O–H groups in total. The number of hydrogen-bond acceptors (Lipinski definition) is 5. The molecule has 1 atom stereocenters. The van der Waals surface area contributed by atoms with E-state index in [4.69, 9.17) is 5.73 Å². The Balaban J connectivity index is 3.31. The van der Waals surface area contributed by atoms with Crippen molar-refractivity contribution in [2.75, 3.05) is 24.2 Å². The molecule has 7 heteroatoms. The minimum atomic E-state index is -0.597. The first kappa shape index (κ1) is 14.3. The summed E-state index contributed by atoms with van der Waals surface area (Å²) < 4.78 is 1.33. The van der Waals surface area contributed by atoms with Crippen LogP contribution in [0.4, 0.5) is 11.5 Å². The molecular weight excluding hydrogens is 236 g/mol. The maximum absolute atomic E-state index is 11.8. The quantitative estimate of drug-likeness (QED) is 0.649. The average molecular weight is 256 g/mol. The van der Waals surface area contributed by atoms with Crippen molar-refractivity contribution in [3.63, 3.8) is 0 Å². The van der Waals surface area contributed by atoms with Crippen LogP contribution in [0.1, 0.15) is 20.3 Å². The van der Waals surface area contributed by atoms with E-state index < -0.39 is 17.4 Å². The molecule has 0 aromatic carbocycles. The molecule has 0 aliphatic carbocycles. The summed E-state index contributed by atoms with van der Waals surface area (Å²) in [5.41, 5.74) is 5.04. The van der Waals surface area contributed by atoms with Crippen LogP contribution in [0.25, 0.3) is 0 Å². The zero-order valence-electron chi connectivity index (χ0n) is 10.9. The number of aliphatic hydroxyl groups excluding tert-OH is 1. The molecule has 1 rings (SSSR count). The van der Waals surface area contributed by atoms with Crippen molar-refractivity contribution < 1.29 is 5.11 Å². The minimum absolute atomic E-state index is 0.133. The van der Waals surface area contributed by atoms with E-state index in [0.29, 0.717) is 6.54 Å². The van der Waals surface area contributed by atoms with E-state index in [1.807, 2.05) is 6.92 Å². The number of rotatable bonds is 5. The fourth-order valence-electron chi connectivity index (χ4n) is 1.88. The van der Waals surface area contributed by atoms with E-state index in [1.54, 1.807) is 18.9 Å². The number of nitrogens with two attached hydrogens (primary N) is 1. The summed E-state index contributed by atoms with van der Waals surface area (Å²) in [6.45, 7) is 4.23. The van der Waals surface area contributed by atoms with Gasteiger partial charge < -0.3 is 15.7 Å². The van der Waals surface area contributed by atoms with Crippen molar-refractivity contribution in [1.82, 2.24) is 9.55 Å². The Kier molecular flexibility index (Phi) is 4.55. The molecule has 0 saturated heterocycles. The summed E-state index contributed by atoms with van der Waals surface area (Å²) in [4.78, 5) is 27.2. The van der Waals surface area contributed by atoms with Crippen LogP contribution < -0.4 is 21.9 Å². The molecule has 1 aromatic heterocycles. The Hall–Kier alpha value is -1.76. The van der Waals surface area contributed by atoms with Crippen molar-refractivity contribution in [1.29, 1.82) is 0 Å². The summed E-state index contributed by atoms with van der Waals surface area (Å²) in [6.07, 6.45) is 0.135. The van der Waals surface area contributed by atoms with Crippen molar-refractivity contribution >= 4 is 11.5 Å². The normalized spacial score (nSPS) is 12.4. The highest BCUT2D eigenvalue weighted by atomic mass is 16.3. The molecule has 7 nitrogen and oxygen atoms in total. The number of aliphatic hydroxyl groups is 1. The van der Waals surface area contributed by atoms with E-state index in [2.05, 4.69) is 4.98 Å². The van der Waals surface area contributed by atoms with Gasteiger partial charge in [0.05, 0.1) is 6.10 Å². The van der Waals surface area contributed by atoms with E-state index in [-0.39, 0.29) is 18.1 Å². The number of nitrogens with zero attached hydrogens (tertiary/aromatic N) is 2. The lowest BCUT2D eigenvalue weighted by Crippen LogP contribution is -2.39. The summed E-state index contributed by atoms with van der Waals surface area (Å²) in [7, 11) is 1.65. The molecule has 18 heavy (non-hydrogen) atoms. The van der Waals surface area contributed by atoms with Gasteiger partial charge in [-0.15, -0.1) is 0 Å². The highest BCUT2D eigenvalue weighted by Gasteiger charge is 2.16. The Morgan fingerprint density at radius 1 is 1.50 bits per heavy atom. The molecule has 1 aromatic rings. The smallest absolute Gasteiger partial charge is 0.330 e. The second-order valence-electron chi connectivity index (χ2n) is 4.37. The third-order valence-corrected chi connectivity index (χ3v) is 2.58. The van der Waals surface area contributed by atoms with Crippen LogP contribution in [-0.4, -0.2) is 34.4 Å². The average Bonchev–Trinajstić information content (AvgIpc) is 2.22. The molecule has 1 unspecified atom stereocenters. The SMILES string of the molecule is CCCn1c(N)c(N(C)CC(C)O)c(=O)[nH]c1=O. The Morgan fingerprint density at radius 3 is 2.61 bits per heavy atom. The molecule has 0 bridgehead atoms. The zero-order valence-corrected chi connectivity index (χ0v) is 10.9. The zero-order chi connectivity index (χ0) is 13.9. The van der Waals surface area contributed by atoms with Crippen molar-refractivity contribution in [3.05, 3.63) is 20.8 Å². The van der Waals surface area contributed by atoms with Gasteiger partial charge in [-0.3, -0.25) is 14.3 Å². The summed E-state index contributed by atoms with van der Waals surface area (Å²) in [6, 6.07) is 0. The van der Waals surface area contributed by atoms with Gasteiger partial charge in [0.25, 0.3) is 5.56 Å². The Morgan fingerprint density at radius 2 is 2.11 bits per heavy atom. The number of likely N-dealkylation sites (N-methyl/N-ethyl adjacent to an activating group) is 1. The van der Waals surface area contributed by atoms with Crippen molar-refractivity contribution in [2.45, 2.75) is 32.9 Å². The number of H-pyrrole nitrogens is 1. The van der Waals surface area contributed by atoms with Gasteiger partial charge in [-0.25, -0.2) is 4.79 Å². The van der Waals surface area contributed by atoms with Gasteiger partial charge in [0, 0.05) is 20.1 Å². The van der Waals surface area contributed by atoms with Gasteiger partial charge in [-0.1, -0.05) is 6.92 Å². The van der Waals surface area contributed by atoms with Crippen molar-refractivity contribution in [2.24, 2.45) is 0 Å². The van der Waals surface area contributed by atoms with Crippen LogP contribution in [0.3, 0.4) is 0 Å². The maximum Gasteiger partial charge on any atom is 0.330 e. The lowest BCUT2D eigenvalue weighted by atomic mass is 10.3. The molecule has 0 saturated carbocycles. The minimum Gasteiger partial charge on any atom is -0.392 e. The predicted molar refractivity (Wildman–Crippen MR) is 71.0 cm³/mol. The van der Waals surface area contributed by atoms with Crippen LogP contribution in [0, 0.1) is 0 Å². The fourth-order valence-corrected chi connectivity index (χ4v) is 1.88. The van der Waals surface area contributed by atoms with E-state index in [0.717, 1.165) is 6.42 Å². The third-order valence-electron chi connectivity index (χ3n) is 2.58. The molecule has 0 amide bonds. The summed E-state index contributed by atoms with van der Waals surface area (Å²) in [5, 5.41) is 9.33. The lowest BCUT2D eigenvalue weighted by Gasteiger charge is -2.22. The molecule has 0 radical (unpaired) electrons. The van der Waals surface area contributed by atoms with Crippen LogP contribution in [-0.2, 0) is 6.54 Å². The van der Waals surface area contributed by atoms with Crippen LogP contribution in [0.15, 0.2) is 9.59 Å². The highest BCUT2D eigenvalue weighted by Crippen LogP contribution is 2.15. The first-order valence-corrected chi connectivity index (χ1v) is 5.90. The van der Waals surface area contributed by atoms with Gasteiger partial charge in [0.2, 0.25) is 0 Å². The first-order chi connectivity index (χ1) is 8.38. The molecule has 1 heterocycles. The molecule has 0 aliphatic heterocycles. The number of anilines is 2. The Labute approximate surface area is 105 Å². The predicted octanol–water partition coefficient (Wildman–Crippen LogP) is -0.654. The summed E-state index contributed by atoms with van der Waals surface area (Å²) >= 11 is 0. The molecule has 0 aliphatic rings. The second kappa shape index (κ2) is 5.72. The Bertz CT molecular complexity index is 518. The number of nitrogen functional groups attached to an aromatic ring is 1. The topological polar surface area (TPSA) is 104 Å². The van der Waals surface area contributed by atoms with E-state index in [1.165, 1.54) is 4.57 Å². The van der Waals surface area contributed by atoms with Crippen LogP contribution >= 0.6 is 0 Å². The van der Waals surface area contributed by atoms with Gasteiger partial charge in [0.15, 0.2) is 0 Å². The van der Waals surface area contributed by atoms with Crippen molar-refractivity contribution in [3.8, 4) is 0 Å². The van der Waals surface area contributed by atoms with Gasteiger partial charge >= 0.3 is 5.69 Å². The molecule has 0 fully saturated rings. The third kappa shape index (κ3) is 2.92. The van der Waals surface area contributed by atoms with E-state index >= 15 is 0 Å². The number of nitrogens with one attached hydrogen (secondary N) is 1. The summed E-state index contributed by atoms with van der Waals surface area (Å²) in [5.74, 6) is 0.133.